The van der Waals surface area contributed by atoms with Crippen molar-refractivity contribution in [3.8, 4) is 0 Å². The second kappa shape index (κ2) is 1.95. The summed E-state index contributed by atoms with van der Waals surface area (Å²) in [5, 5.41) is 3.48. The van der Waals surface area contributed by atoms with Crippen LogP contribution in [0.5, 0.6) is 0 Å². The number of fused-ring (bicyclic) bond motifs is 1. The largest absolute Gasteiger partial charge is 0.379 e. The Morgan fingerprint density at radius 3 is 2.90 bits per heavy atom. The minimum Gasteiger partial charge on any atom is -0.379 e. The predicted molar refractivity (Wildman–Crippen MR) is 39.9 cm³/mol. The Hall–Kier alpha value is -0.0800. The maximum absolute atomic E-state index is 5.38. The van der Waals surface area contributed by atoms with Gasteiger partial charge in [-0.3, -0.25) is 0 Å². The molecule has 10 heavy (non-hydrogen) atoms. The quantitative estimate of drug-likeness (QED) is 0.534. The maximum atomic E-state index is 5.38. The molecular weight excluding hydrogens is 126 g/mol. The third-order valence-electron chi connectivity index (χ3n) is 2.90. The molecule has 58 valence electrons. The molecule has 0 unspecified atom stereocenters. The lowest BCUT2D eigenvalue weighted by molar-refractivity contribution is 0.147. The normalized spacial score (nSPS) is 43.8. The fourth-order valence-electron chi connectivity index (χ4n) is 2.05. The smallest absolute Gasteiger partial charge is 0.0623 e. The van der Waals surface area contributed by atoms with Crippen LogP contribution in [-0.4, -0.2) is 25.8 Å². The van der Waals surface area contributed by atoms with E-state index in [4.69, 9.17) is 4.74 Å². The van der Waals surface area contributed by atoms with Gasteiger partial charge in [-0.2, -0.15) is 0 Å². The predicted octanol–water partition coefficient (Wildman–Crippen LogP) is 0.631. The van der Waals surface area contributed by atoms with Gasteiger partial charge < -0.3 is 10.1 Å². The molecule has 0 radical (unpaired) electrons. The first-order chi connectivity index (χ1) is 4.70. The van der Waals surface area contributed by atoms with E-state index in [0.29, 0.717) is 11.5 Å². The van der Waals surface area contributed by atoms with E-state index in [1.165, 1.54) is 0 Å². The topological polar surface area (TPSA) is 21.3 Å². The van der Waals surface area contributed by atoms with Gasteiger partial charge in [-0.25, -0.2) is 0 Å². The molecule has 2 rings (SSSR count). The molecule has 0 aromatic carbocycles. The Bertz CT molecular complexity index is 144. The molecule has 2 fully saturated rings. The second-order valence-electron chi connectivity index (χ2n) is 4.12. The zero-order valence-electron chi connectivity index (χ0n) is 6.68. The van der Waals surface area contributed by atoms with Crippen LogP contribution in [0.2, 0.25) is 0 Å². The molecule has 0 aliphatic carbocycles. The molecule has 0 amide bonds. The minimum absolute atomic E-state index is 0.459. The number of ether oxygens (including phenoxy) is 1. The minimum atomic E-state index is 0.459. The Labute approximate surface area is 61.9 Å². The van der Waals surface area contributed by atoms with E-state index >= 15 is 0 Å². The first kappa shape index (κ1) is 6.62. The molecule has 2 nitrogen and oxygen atoms in total. The van der Waals surface area contributed by atoms with E-state index in [2.05, 4.69) is 19.2 Å². The van der Waals surface area contributed by atoms with Gasteiger partial charge in [-0.1, -0.05) is 13.8 Å². The van der Waals surface area contributed by atoms with Crippen LogP contribution in [0.1, 0.15) is 13.8 Å². The summed E-state index contributed by atoms with van der Waals surface area (Å²) >= 11 is 0. The van der Waals surface area contributed by atoms with Crippen molar-refractivity contribution in [2.75, 3.05) is 19.8 Å². The van der Waals surface area contributed by atoms with Gasteiger partial charge in [0.2, 0.25) is 0 Å². The molecule has 2 heterocycles. The van der Waals surface area contributed by atoms with Gasteiger partial charge in [-0.05, 0) is 5.41 Å². The highest BCUT2D eigenvalue weighted by molar-refractivity contribution is 4.98. The summed E-state index contributed by atoms with van der Waals surface area (Å²) in [4.78, 5) is 0. The van der Waals surface area contributed by atoms with Gasteiger partial charge in [0.15, 0.2) is 0 Å². The van der Waals surface area contributed by atoms with Crippen molar-refractivity contribution in [2.45, 2.75) is 19.9 Å². The first-order valence-electron chi connectivity index (χ1n) is 4.01. The second-order valence-corrected chi connectivity index (χ2v) is 4.12. The maximum Gasteiger partial charge on any atom is 0.0623 e. The monoisotopic (exact) mass is 141 g/mol. The van der Waals surface area contributed by atoms with Gasteiger partial charge in [0.25, 0.3) is 0 Å². The average molecular weight is 141 g/mol. The van der Waals surface area contributed by atoms with Gasteiger partial charge in [0.05, 0.1) is 13.2 Å². The first-order valence-corrected chi connectivity index (χ1v) is 4.01. The molecular formula is C8H15NO. The summed E-state index contributed by atoms with van der Waals surface area (Å²) in [5.74, 6) is 0.757. The summed E-state index contributed by atoms with van der Waals surface area (Å²) in [6.45, 7) is 7.68. The van der Waals surface area contributed by atoms with E-state index in [-0.39, 0.29) is 0 Å². The van der Waals surface area contributed by atoms with Crippen molar-refractivity contribution < 1.29 is 4.74 Å². The third kappa shape index (κ3) is 0.789. The summed E-state index contributed by atoms with van der Waals surface area (Å²) in [6, 6.07) is 0.648. The van der Waals surface area contributed by atoms with E-state index in [0.717, 1.165) is 25.7 Å². The Balaban J connectivity index is 2.16. The SMILES string of the molecule is CC1(C)CN[C@H]2COC[C@@H]21. The van der Waals surface area contributed by atoms with Crippen molar-refractivity contribution in [3.63, 3.8) is 0 Å². The highest BCUT2D eigenvalue weighted by Gasteiger charge is 2.44. The van der Waals surface area contributed by atoms with Crippen LogP contribution in [0.15, 0.2) is 0 Å². The lowest BCUT2D eigenvalue weighted by Gasteiger charge is -2.22. The van der Waals surface area contributed by atoms with Gasteiger partial charge >= 0.3 is 0 Å². The van der Waals surface area contributed by atoms with Crippen molar-refractivity contribution in [1.82, 2.24) is 5.32 Å². The standard InChI is InChI=1S/C8H15NO/c1-8(2)5-9-7-4-10-3-6(7)8/h6-7,9H,3-5H2,1-2H3/t6-,7-/m0/s1. The molecule has 0 saturated carbocycles. The van der Waals surface area contributed by atoms with E-state index in [1.807, 2.05) is 0 Å². The van der Waals surface area contributed by atoms with E-state index in [1.54, 1.807) is 0 Å². The average Bonchev–Trinajstić information content (AvgIpc) is 2.36. The number of hydrogen-bond acceptors (Lipinski definition) is 2. The molecule has 0 spiro atoms. The van der Waals surface area contributed by atoms with Gasteiger partial charge in [-0.15, -0.1) is 0 Å². The number of nitrogens with one attached hydrogen (secondary N) is 1. The summed E-state index contributed by atoms with van der Waals surface area (Å²) in [5.41, 5.74) is 0.459. The molecule has 2 aliphatic heterocycles. The van der Waals surface area contributed by atoms with Crippen LogP contribution in [0.25, 0.3) is 0 Å². The highest BCUT2D eigenvalue weighted by Crippen LogP contribution is 2.37. The lowest BCUT2D eigenvalue weighted by Crippen LogP contribution is -2.26. The van der Waals surface area contributed by atoms with Crippen molar-refractivity contribution >= 4 is 0 Å². The lowest BCUT2D eigenvalue weighted by atomic mass is 9.80. The van der Waals surface area contributed by atoms with Gasteiger partial charge in [0.1, 0.15) is 0 Å². The van der Waals surface area contributed by atoms with Crippen LogP contribution in [0.3, 0.4) is 0 Å². The van der Waals surface area contributed by atoms with Crippen LogP contribution in [0.4, 0.5) is 0 Å². The molecule has 0 bridgehead atoms. The zero-order chi connectivity index (χ0) is 7.19. The Morgan fingerprint density at radius 2 is 2.20 bits per heavy atom. The van der Waals surface area contributed by atoms with Crippen LogP contribution >= 0.6 is 0 Å². The van der Waals surface area contributed by atoms with Crippen LogP contribution in [0, 0.1) is 11.3 Å². The fourth-order valence-corrected chi connectivity index (χ4v) is 2.05. The molecule has 2 heteroatoms. The van der Waals surface area contributed by atoms with Gasteiger partial charge in [0, 0.05) is 18.5 Å². The Kier molecular flexibility index (Phi) is 1.29. The third-order valence-corrected chi connectivity index (χ3v) is 2.90. The zero-order valence-corrected chi connectivity index (χ0v) is 6.68. The summed E-state index contributed by atoms with van der Waals surface area (Å²) in [7, 11) is 0. The van der Waals surface area contributed by atoms with Crippen molar-refractivity contribution in [3.05, 3.63) is 0 Å². The Morgan fingerprint density at radius 1 is 1.40 bits per heavy atom. The summed E-state index contributed by atoms with van der Waals surface area (Å²) in [6.07, 6.45) is 0. The molecule has 2 atom stereocenters. The number of hydrogen-bond donors (Lipinski definition) is 1. The fraction of sp³-hybridized carbons (Fsp3) is 1.00. The van der Waals surface area contributed by atoms with E-state index < -0.39 is 0 Å². The molecule has 0 aromatic heterocycles. The van der Waals surface area contributed by atoms with Crippen molar-refractivity contribution in [2.24, 2.45) is 11.3 Å². The van der Waals surface area contributed by atoms with E-state index in [9.17, 15) is 0 Å². The highest BCUT2D eigenvalue weighted by atomic mass is 16.5. The van der Waals surface area contributed by atoms with Crippen LogP contribution < -0.4 is 5.32 Å². The number of rotatable bonds is 0. The molecule has 1 N–H and O–H groups in total. The molecule has 0 aromatic rings. The summed E-state index contributed by atoms with van der Waals surface area (Å²) < 4.78 is 5.38. The van der Waals surface area contributed by atoms with Crippen molar-refractivity contribution in [1.29, 1.82) is 0 Å². The molecule has 2 aliphatic rings. The molecule has 2 saturated heterocycles. The van der Waals surface area contributed by atoms with Crippen LogP contribution in [-0.2, 0) is 4.74 Å².